The van der Waals surface area contributed by atoms with Gasteiger partial charge in [-0.25, -0.2) is 0 Å². The van der Waals surface area contributed by atoms with E-state index in [2.05, 4.69) is 33.8 Å². The number of fused-ring (bicyclic) bond motifs is 7. The fraction of sp³-hybridized carbons (Fsp3) is 0.719. The molecule has 0 bridgehead atoms. The van der Waals surface area contributed by atoms with E-state index in [-0.39, 0.29) is 44.8 Å². The van der Waals surface area contributed by atoms with Gasteiger partial charge >= 0.3 is 5.97 Å². The van der Waals surface area contributed by atoms with Gasteiger partial charge in [0, 0.05) is 21.8 Å². The first-order valence-electron chi connectivity index (χ1n) is 14.5. The average Bonchev–Trinajstić information content (AvgIpc) is 2.86. The number of benzene rings is 1. The molecular weight excluding hydrogens is 512 g/mol. The summed E-state index contributed by atoms with van der Waals surface area (Å²) < 4.78 is 0. The molecule has 39 heavy (non-hydrogen) atoms. The van der Waals surface area contributed by atoms with Gasteiger partial charge in [0.15, 0.2) is 17.8 Å². The number of aromatic hydroxyl groups is 2. The molecule has 3 fully saturated rings. The number of phenols is 2. The standard InChI is InChI=1S/C32H46O6S/c1-18-25-19(15-20(33)26(18)36)30(4)11-13-32(6)23-17-29(3,27(37)38)9-8-28(23,2)10-12-31(32,5)22(30)16-21(25)39-14-7-24(34)35/h15-16,21,23,27,33,36-38H,7-14,17H2,1-6H3,(H,34,35)/t21?,23-,28-,29-,30+,31-,32+/m1/s1. The molecule has 7 heteroatoms. The van der Waals surface area contributed by atoms with E-state index in [9.17, 15) is 30.3 Å². The molecule has 1 aromatic rings. The second-order valence-corrected chi connectivity index (χ2v) is 15.6. The highest BCUT2D eigenvalue weighted by Gasteiger charge is 2.67. The summed E-state index contributed by atoms with van der Waals surface area (Å²) in [5.74, 6) is -0.219. The number of aliphatic hydroxyl groups is 2. The molecule has 1 unspecified atom stereocenters. The van der Waals surface area contributed by atoms with Gasteiger partial charge in [0.1, 0.15) is 0 Å². The van der Waals surface area contributed by atoms with E-state index in [0.717, 1.165) is 56.1 Å². The number of carboxylic acids is 1. The van der Waals surface area contributed by atoms with Crippen LogP contribution in [0.4, 0.5) is 0 Å². The van der Waals surface area contributed by atoms with Crippen LogP contribution in [0, 0.1) is 34.5 Å². The van der Waals surface area contributed by atoms with E-state index < -0.39 is 17.7 Å². The lowest BCUT2D eigenvalue weighted by molar-refractivity contribution is -0.208. The van der Waals surface area contributed by atoms with Crippen LogP contribution in [0.5, 0.6) is 11.5 Å². The van der Waals surface area contributed by atoms with Crippen molar-refractivity contribution in [2.24, 2.45) is 27.6 Å². The van der Waals surface area contributed by atoms with E-state index in [4.69, 9.17) is 0 Å². The lowest BCUT2D eigenvalue weighted by Gasteiger charge is -2.70. The summed E-state index contributed by atoms with van der Waals surface area (Å²) in [6.07, 6.45) is 7.74. The molecule has 4 aliphatic rings. The van der Waals surface area contributed by atoms with Gasteiger partial charge < -0.3 is 25.5 Å². The van der Waals surface area contributed by atoms with Crippen molar-refractivity contribution in [3.63, 3.8) is 0 Å². The zero-order valence-electron chi connectivity index (χ0n) is 24.3. The molecule has 1 aromatic carbocycles. The molecule has 0 aromatic heterocycles. The molecule has 0 amide bonds. The first-order chi connectivity index (χ1) is 18.0. The molecule has 0 saturated heterocycles. The fourth-order valence-corrected chi connectivity index (χ4v) is 10.6. The summed E-state index contributed by atoms with van der Waals surface area (Å²) in [5, 5.41) is 51.4. The van der Waals surface area contributed by atoms with Gasteiger partial charge in [0.25, 0.3) is 0 Å². The third kappa shape index (κ3) is 4.00. The summed E-state index contributed by atoms with van der Waals surface area (Å²) in [4.78, 5) is 11.3. The number of thioether (sulfide) groups is 1. The Labute approximate surface area is 236 Å². The van der Waals surface area contributed by atoms with Crippen molar-refractivity contribution in [2.75, 3.05) is 5.75 Å². The predicted molar refractivity (Wildman–Crippen MR) is 154 cm³/mol. The van der Waals surface area contributed by atoms with Gasteiger partial charge in [-0.05, 0) is 96.8 Å². The maximum absolute atomic E-state index is 11.3. The Morgan fingerprint density at radius 1 is 1.03 bits per heavy atom. The number of carboxylic acid groups (broad SMARTS) is 1. The minimum absolute atomic E-state index is 0.0519. The molecule has 7 atom stereocenters. The van der Waals surface area contributed by atoms with Gasteiger partial charge in [-0.15, -0.1) is 11.8 Å². The molecule has 5 rings (SSSR count). The summed E-state index contributed by atoms with van der Waals surface area (Å²) in [6.45, 7) is 13.4. The second kappa shape index (κ2) is 9.15. The lowest BCUT2D eigenvalue weighted by atomic mass is 9.34. The topological polar surface area (TPSA) is 118 Å². The summed E-state index contributed by atoms with van der Waals surface area (Å²) in [5.41, 5.74) is 3.22. The Kier molecular flexibility index (Phi) is 6.76. The molecule has 3 saturated carbocycles. The van der Waals surface area contributed by atoms with Crippen LogP contribution >= 0.6 is 11.8 Å². The van der Waals surface area contributed by atoms with Crippen molar-refractivity contribution in [3.8, 4) is 11.5 Å². The third-order valence-corrected chi connectivity index (χ3v) is 13.5. The van der Waals surface area contributed by atoms with Crippen molar-refractivity contribution in [2.45, 2.75) is 110 Å². The molecule has 5 N–H and O–H groups in total. The molecule has 216 valence electrons. The van der Waals surface area contributed by atoms with Gasteiger partial charge in [-0.3, -0.25) is 4.79 Å². The van der Waals surface area contributed by atoms with Crippen LogP contribution < -0.4 is 0 Å². The number of phenolic OH excluding ortho intramolecular Hbond substituents is 2. The van der Waals surface area contributed by atoms with Crippen LogP contribution in [0.3, 0.4) is 0 Å². The monoisotopic (exact) mass is 558 g/mol. The lowest BCUT2D eigenvalue weighted by Crippen LogP contribution is -2.63. The smallest absolute Gasteiger partial charge is 0.304 e. The van der Waals surface area contributed by atoms with E-state index in [0.29, 0.717) is 17.2 Å². The van der Waals surface area contributed by atoms with E-state index >= 15 is 0 Å². The Bertz CT molecular complexity index is 1230. The highest BCUT2D eigenvalue weighted by molar-refractivity contribution is 7.99. The number of aliphatic carboxylic acids is 1. The Morgan fingerprint density at radius 3 is 2.33 bits per heavy atom. The fourth-order valence-electron chi connectivity index (χ4n) is 9.35. The van der Waals surface area contributed by atoms with Gasteiger partial charge in [-0.2, -0.15) is 0 Å². The minimum atomic E-state index is -1.33. The number of hydrogen-bond acceptors (Lipinski definition) is 6. The van der Waals surface area contributed by atoms with Gasteiger partial charge in [0.05, 0.1) is 6.42 Å². The van der Waals surface area contributed by atoms with Crippen LogP contribution in [0.2, 0.25) is 0 Å². The van der Waals surface area contributed by atoms with Crippen molar-refractivity contribution >= 4 is 17.7 Å². The molecule has 4 aliphatic carbocycles. The van der Waals surface area contributed by atoms with Crippen LogP contribution in [-0.2, 0) is 10.2 Å². The number of aliphatic hydroxyl groups excluding tert-OH is 1. The largest absolute Gasteiger partial charge is 0.504 e. The van der Waals surface area contributed by atoms with Crippen LogP contribution in [0.25, 0.3) is 0 Å². The Hall–Kier alpha value is -1.70. The molecule has 0 aliphatic heterocycles. The number of carbonyl (C=O) groups is 1. The summed E-state index contributed by atoms with van der Waals surface area (Å²) in [7, 11) is 0. The first-order valence-corrected chi connectivity index (χ1v) is 15.6. The molecule has 0 radical (unpaired) electrons. The Balaban J connectivity index is 1.65. The summed E-state index contributed by atoms with van der Waals surface area (Å²) >= 11 is 1.60. The maximum atomic E-state index is 11.3. The number of allylic oxidation sites excluding steroid dienone is 1. The zero-order valence-corrected chi connectivity index (χ0v) is 25.1. The van der Waals surface area contributed by atoms with Crippen molar-refractivity contribution in [1.82, 2.24) is 0 Å². The van der Waals surface area contributed by atoms with E-state index in [1.54, 1.807) is 17.8 Å². The highest BCUT2D eigenvalue weighted by atomic mass is 32.2. The molecule has 6 nitrogen and oxygen atoms in total. The maximum Gasteiger partial charge on any atom is 0.304 e. The van der Waals surface area contributed by atoms with Gasteiger partial charge in [0.2, 0.25) is 0 Å². The van der Waals surface area contributed by atoms with Crippen LogP contribution in [-0.4, -0.2) is 43.5 Å². The third-order valence-electron chi connectivity index (χ3n) is 12.3. The highest BCUT2D eigenvalue weighted by Crippen LogP contribution is 2.75. The quantitative estimate of drug-likeness (QED) is 0.157. The molecule has 0 spiro atoms. The van der Waals surface area contributed by atoms with Crippen molar-refractivity contribution in [1.29, 1.82) is 0 Å². The first kappa shape index (κ1) is 28.8. The average molecular weight is 559 g/mol. The number of rotatable bonds is 5. The van der Waals surface area contributed by atoms with E-state index in [1.807, 2.05) is 13.8 Å². The van der Waals surface area contributed by atoms with E-state index in [1.165, 1.54) is 5.57 Å². The van der Waals surface area contributed by atoms with Gasteiger partial charge in [-0.1, -0.05) is 46.3 Å². The zero-order chi connectivity index (χ0) is 28.8. The van der Waals surface area contributed by atoms with Crippen molar-refractivity contribution in [3.05, 3.63) is 34.4 Å². The number of hydrogen-bond donors (Lipinski definition) is 5. The van der Waals surface area contributed by atoms with Crippen LogP contribution in [0.1, 0.15) is 108 Å². The molecule has 0 heterocycles. The minimum Gasteiger partial charge on any atom is -0.504 e. The Morgan fingerprint density at radius 2 is 1.69 bits per heavy atom. The summed E-state index contributed by atoms with van der Waals surface area (Å²) in [6, 6.07) is 1.76. The normalized spacial score (nSPS) is 41.2. The molecular formula is C32H46O6S. The second-order valence-electron chi connectivity index (χ2n) is 14.4. The predicted octanol–water partition coefficient (Wildman–Crippen LogP) is 6.58. The van der Waals surface area contributed by atoms with Crippen molar-refractivity contribution < 1.29 is 30.3 Å². The van der Waals surface area contributed by atoms with Crippen LogP contribution in [0.15, 0.2) is 17.7 Å². The SMILES string of the molecule is Cc1c(O)c(O)cc2c1C(SCCC(=O)O)C=C1[C@@]2(C)CC[C@@]2(C)[C@@H]3C[C@](C)(C(O)O)CC[C@]3(C)CC[C@]12C.